The smallest absolute Gasteiger partial charge is 0.244 e. The molecule has 2 aromatic carbocycles. The first-order chi connectivity index (χ1) is 12.1. The monoisotopic (exact) mass is 360 g/mol. The molecule has 0 aliphatic carbocycles. The number of para-hydroxylation sites is 1. The zero-order chi connectivity index (χ0) is 17.7. The Morgan fingerprint density at radius 3 is 2.36 bits per heavy atom. The minimum absolute atomic E-state index is 0.0399. The molecule has 2 aromatic rings. The third-order valence-electron chi connectivity index (χ3n) is 4.52. The second-order valence-electron chi connectivity index (χ2n) is 6.31. The Bertz CT molecular complexity index is 785. The molecule has 1 aliphatic rings. The first-order valence-corrected chi connectivity index (χ1v) is 9.98. The number of piperidine rings is 1. The molecule has 3 rings (SSSR count). The first-order valence-electron chi connectivity index (χ1n) is 8.50. The molecule has 0 radical (unpaired) electrons. The van der Waals surface area contributed by atoms with Gasteiger partial charge in [0.15, 0.2) is 0 Å². The Labute approximate surface area is 149 Å². The van der Waals surface area contributed by atoms with Crippen LogP contribution in [-0.2, 0) is 16.6 Å². The predicted octanol–water partition coefficient (Wildman–Crippen LogP) is 2.64. The molecule has 0 bridgehead atoms. The highest BCUT2D eigenvalue weighted by atomic mass is 32.2. The molecule has 134 valence electrons. The molecule has 1 heterocycles. The molecule has 0 unspecified atom stereocenters. The van der Waals surface area contributed by atoms with Crippen molar-refractivity contribution in [2.45, 2.75) is 30.3 Å². The Morgan fingerprint density at radius 2 is 1.68 bits per heavy atom. The molecule has 5 nitrogen and oxygen atoms in total. The van der Waals surface area contributed by atoms with Crippen molar-refractivity contribution < 1.29 is 13.2 Å². The summed E-state index contributed by atoms with van der Waals surface area (Å²) in [6.07, 6.45) is 1.61. The van der Waals surface area contributed by atoms with E-state index in [4.69, 9.17) is 4.74 Å². The van der Waals surface area contributed by atoms with Gasteiger partial charge in [-0.2, -0.15) is 0 Å². The van der Waals surface area contributed by atoms with Crippen molar-refractivity contribution in [2.75, 3.05) is 20.2 Å². The third-order valence-corrected chi connectivity index (χ3v) is 6.08. The number of methoxy groups -OCH3 is 1. The minimum Gasteiger partial charge on any atom is -0.495 e. The number of sulfonamides is 1. The summed E-state index contributed by atoms with van der Waals surface area (Å²) in [5.41, 5.74) is 1.29. The van der Waals surface area contributed by atoms with E-state index in [-0.39, 0.29) is 10.9 Å². The normalized spacial score (nSPS) is 16.7. The summed E-state index contributed by atoms with van der Waals surface area (Å²) in [6.45, 7) is 2.68. The summed E-state index contributed by atoms with van der Waals surface area (Å²) in [4.78, 5) is 2.56. The van der Waals surface area contributed by atoms with Gasteiger partial charge in [-0.3, -0.25) is 4.90 Å². The summed E-state index contributed by atoms with van der Waals surface area (Å²) >= 11 is 0. The highest BCUT2D eigenvalue weighted by Gasteiger charge is 2.26. The molecular formula is C19H24N2O3S. The van der Waals surface area contributed by atoms with Crippen LogP contribution in [0.25, 0.3) is 0 Å². The maximum Gasteiger partial charge on any atom is 0.244 e. The van der Waals surface area contributed by atoms with E-state index in [1.807, 2.05) is 18.2 Å². The number of rotatable bonds is 6. The molecule has 0 amide bonds. The highest BCUT2D eigenvalue weighted by molar-refractivity contribution is 7.89. The van der Waals surface area contributed by atoms with Gasteiger partial charge in [0.25, 0.3) is 0 Å². The van der Waals surface area contributed by atoms with E-state index in [0.29, 0.717) is 5.75 Å². The summed E-state index contributed by atoms with van der Waals surface area (Å²) in [7, 11) is -2.09. The lowest BCUT2D eigenvalue weighted by Gasteiger charge is -2.32. The molecule has 0 atom stereocenters. The van der Waals surface area contributed by atoms with Crippen LogP contribution in [0.4, 0.5) is 0 Å². The van der Waals surface area contributed by atoms with Crippen molar-refractivity contribution in [3.05, 3.63) is 60.2 Å². The second-order valence-corrected chi connectivity index (χ2v) is 7.99. The highest BCUT2D eigenvalue weighted by Crippen LogP contribution is 2.24. The standard InChI is InChI=1S/C19H24N2O3S/c1-24-18-9-5-6-10-19(18)25(22,23)20-17-11-13-21(14-12-17)15-16-7-3-2-4-8-16/h2-10,17,20H,11-15H2,1H3. The van der Waals surface area contributed by atoms with Gasteiger partial charge in [0, 0.05) is 25.7 Å². The molecule has 0 saturated carbocycles. The third kappa shape index (κ3) is 4.60. The summed E-state index contributed by atoms with van der Waals surface area (Å²) < 4.78 is 33.3. The number of hydrogen-bond acceptors (Lipinski definition) is 4. The fourth-order valence-electron chi connectivity index (χ4n) is 3.17. The number of benzene rings is 2. The van der Waals surface area contributed by atoms with E-state index in [0.717, 1.165) is 32.5 Å². The van der Waals surface area contributed by atoms with E-state index in [9.17, 15) is 8.42 Å². The first kappa shape index (κ1) is 17.9. The summed E-state index contributed by atoms with van der Waals surface area (Å²) in [6, 6.07) is 17.0. The molecule has 6 heteroatoms. The molecule has 25 heavy (non-hydrogen) atoms. The Balaban J connectivity index is 1.58. The largest absolute Gasteiger partial charge is 0.495 e. The van der Waals surface area contributed by atoms with Gasteiger partial charge in [-0.1, -0.05) is 42.5 Å². The van der Waals surface area contributed by atoms with Gasteiger partial charge in [-0.25, -0.2) is 13.1 Å². The summed E-state index contributed by atoms with van der Waals surface area (Å²) in [5.74, 6) is 0.372. The maximum absolute atomic E-state index is 12.6. The maximum atomic E-state index is 12.6. The van der Waals surface area contributed by atoms with Crippen molar-refractivity contribution in [1.29, 1.82) is 0 Å². The fraction of sp³-hybridized carbons (Fsp3) is 0.368. The van der Waals surface area contributed by atoms with Gasteiger partial charge in [0.05, 0.1) is 7.11 Å². The van der Waals surface area contributed by atoms with Crippen LogP contribution in [0.3, 0.4) is 0 Å². The minimum atomic E-state index is -3.57. The topological polar surface area (TPSA) is 58.6 Å². The van der Waals surface area contributed by atoms with E-state index >= 15 is 0 Å². The van der Waals surface area contributed by atoms with Crippen molar-refractivity contribution in [3.63, 3.8) is 0 Å². The zero-order valence-electron chi connectivity index (χ0n) is 14.4. The molecular weight excluding hydrogens is 336 g/mol. The number of likely N-dealkylation sites (tertiary alicyclic amines) is 1. The van der Waals surface area contributed by atoms with Crippen LogP contribution >= 0.6 is 0 Å². The van der Waals surface area contributed by atoms with Crippen LogP contribution < -0.4 is 9.46 Å². The van der Waals surface area contributed by atoms with Gasteiger partial charge >= 0.3 is 0 Å². The van der Waals surface area contributed by atoms with Crippen LogP contribution in [0, 0.1) is 0 Å². The lowest BCUT2D eigenvalue weighted by Crippen LogP contribution is -2.44. The van der Waals surface area contributed by atoms with E-state index < -0.39 is 10.0 Å². The van der Waals surface area contributed by atoms with Crippen molar-refractivity contribution in [3.8, 4) is 5.75 Å². The van der Waals surface area contributed by atoms with Gasteiger partial charge in [0.2, 0.25) is 10.0 Å². The lowest BCUT2D eigenvalue weighted by molar-refractivity contribution is 0.200. The average Bonchev–Trinajstić information content (AvgIpc) is 2.64. The number of nitrogens with one attached hydrogen (secondary N) is 1. The lowest BCUT2D eigenvalue weighted by atomic mass is 10.1. The Kier molecular flexibility index (Phi) is 5.73. The number of nitrogens with zero attached hydrogens (tertiary/aromatic N) is 1. The second kappa shape index (κ2) is 7.99. The molecule has 0 spiro atoms. The van der Waals surface area contributed by atoms with E-state index in [1.54, 1.807) is 24.3 Å². The average molecular weight is 360 g/mol. The van der Waals surface area contributed by atoms with Gasteiger partial charge in [0.1, 0.15) is 10.6 Å². The Hall–Kier alpha value is -1.89. The SMILES string of the molecule is COc1ccccc1S(=O)(=O)NC1CCN(Cc2ccccc2)CC1. The van der Waals surface area contributed by atoms with Crippen LogP contribution in [0.2, 0.25) is 0 Å². The molecule has 1 fully saturated rings. The zero-order valence-corrected chi connectivity index (χ0v) is 15.2. The van der Waals surface area contributed by atoms with Crippen molar-refractivity contribution in [2.24, 2.45) is 0 Å². The summed E-state index contributed by atoms with van der Waals surface area (Å²) in [5, 5.41) is 0. The van der Waals surface area contributed by atoms with Gasteiger partial charge in [-0.15, -0.1) is 0 Å². The molecule has 1 aliphatic heterocycles. The van der Waals surface area contributed by atoms with Crippen LogP contribution in [-0.4, -0.2) is 39.6 Å². The fourth-order valence-corrected chi connectivity index (χ4v) is 4.65. The van der Waals surface area contributed by atoms with E-state index in [1.165, 1.54) is 12.7 Å². The van der Waals surface area contributed by atoms with Crippen molar-refractivity contribution >= 4 is 10.0 Å². The van der Waals surface area contributed by atoms with Gasteiger partial charge in [-0.05, 0) is 30.5 Å². The number of ether oxygens (including phenoxy) is 1. The molecule has 1 N–H and O–H groups in total. The van der Waals surface area contributed by atoms with Crippen LogP contribution in [0.15, 0.2) is 59.5 Å². The molecule has 0 aromatic heterocycles. The number of hydrogen-bond donors (Lipinski definition) is 1. The van der Waals surface area contributed by atoms with E-state index in [2.05, 4.69) is 21.8 Å². The van der Waals surface area contributed by atoms with Crippen LogP contribution in [0.1, 0.15) is 18.4 Å². The van der Waals surface area contributed by atoms with Gasteiger partial charge < -0.3 is 4.74 Å². The van der Waals surface area contributed by atoms with Crippen molar-refractivity contribution in [1.82, 2.24) is 9.62 Å². The Morgan fingerprint density at radius 1 is 1.04 bits per heavy atom. The molecule has 1 saturated heterocycles. The predicted molar refractivity (Wildman–Crippen MR) is 98.1 cm³/mol. The van der Waals surface area contributed by atoms with Crippen LogP contribution in [0.5, 0.6) is 5.75 Å². The quantitative estimate of drug-likeness (QED) is 0.860.